The molecule has 1 amide bonds. The summed E-state index contributed by atoms with van der Waals surface area (Å²) in [6.07, 6.45) is 1.37. The molecule has 1 unspecified atom stereocenters. The van der Waals surface area contributed by atoms with Crippen LogP contribution in [-0.2, 0) is 10.2 Å². The highest BCUT2D eigenvalue weighted by Crippen LogP contribution is 2.21. The first-order valence-corrected chi connectivity index (χ1v) is 6.76. The first-order valence-electron chi connectivity index (χ1n) is 6.76. The van der Waals surface area contributed by atoms with Gasteiger partial charge in [0.25, 0.3) is 0 Å². The molecule has 0 radical (unpaired) electrons. The van der Waals surface area contributed by atoms with E-state index in [0.717, 1.165) is 11.3 Å². The van der Waals surface area contributed by atoms with E-state index in [0.29, 0.717) is 13.1 Å². The zero-order chi connectivity index (χ0) is 15.4. The van der Waals surface area contributed by atoms with Crippen LogP contribution in [-0.4, -0.2) is 29.8 Å². The van der Waals surface area contributed by atoms with Gasteiger partial charge in [0.1, 0.15) is 5.60 Å². The number of carbonyl (C=O) groups excluding carboxylic acids is 1. The molecule has 1 rings (SSSR count). The molecule has 0 saturated heterocycles. The lowest BCUT2D eigenvalue weighted by Gasteiger charge is -2.29. The van der Waals surface area contributed by atoms with Gasteiger partial charge in [-0.15, -0.1) is 0 Å². The zero-order valence-electron chi connectivity index (χ0n) is 13.0. The number of nitrogens with one attached hydrogen (secondary N) is 1. The van der Waals surface area contributed by atoms with Crippen LogP contribution < -0.4 is 11.1 Å². The van der Waals surface area contributed by atoms with Crippen molar-refractivity contribution in [1.82, 2.24) is 10.3 Å². The van der Waals surface area contributed by atoms with E-state index in [1.807, 2.05) is 46.8 Å². The Kier molecular flexibility index (Phi) is 5.11. The molecule has 5 nitrogen and oxygen atoms in total. The lowest BCUT2D eigenvalue weighted by molar-refractivity contribution is 0.0516. The Balaban J connectivity index is 2.71. The summed E-state index contributed by atoms with van der Waals surface area (Å²) in [6.45, 7) is 10.2. The van der Waals surface area contributed by atoms with Crippen LogP contribution in [0, 0.1) is 6.92 Å². The van der Waals surface area contributed by atoms with Gasteiger partial charge in [0.15, 0.2) is 0 Å². The fourth-order valence-electron chi connectivity index (χ4n) is 1.70. The number of amides is 1. The molecule has 0 fully saturated rings. The summed E-state index contributed by atoms with van der Waals surface area (Å²) in [5.41, 5.74) is 6.96. The number of rotatable bonds is 4. The van der Waals surface area contributed by atoms with Crippen molar-refractivity contribution < 1.29 is 9.53 Å². The van der Waals surface area contributed by atoms with Crippen molar-refractivity contribution in [3.63, 3.8) is 0 Å². The van der Waals surface area contributed by atoms with E-state index in [1.54, 1.807) is 6.20 Å². The fraction of sp³-hybridized carbons (Fsp3) is 0.600. The maximum atomic E-state index is 11.7. The number of nitrogens with zero attached hydrogens (tertiary/aromatic N) is 1. The number of nitrogens with two attached hydrogens (primary N) is 1. The van der Waals surface area contributed by atoms with Gasteiger partial charge < -0.3 is 15.8 Å². The second-order valence-corrected chi connectivity index (χ2v) is 6.31. The van der Waals surface area contributed by atoms with Gasteiger partial charge in [0.05, 0.1) is 0 Å². The van der Waals surface area contributed by atoms with Crippen molar-refractivity contribution in [2.45, 2.75) is 45.6 Å². The minimum absolute atomic E-state index is 0.363. The van der Waals surface area contributed by atoms with E-state index >= 15 is 0 Å². The van der Waals surface area contributed by atoms with Crippen molar-refractivity contribution in [3.8, 4) is 0 Å². The average Bonchev–Trinajstić information content (AvgIpc) is 2.35. The molecule has 5 heteroatoms. The van der Waals surface area contributed by atoms with Gasteiger partial charge in [0.2, 0.25) is 0 Å². The molecule has 0 aliphatic heterocycles. The lowest BCUT2D eigenvalue weighted by atomic mass is 9.83. The van der Waals surface area contributed by atoms with Gasteiger partial charge in [0, 0.05) is 30.4 Å². The standard InChI is InChI=1S/C15H25N3O2/c1-11-6-7-12(8-17-11)15(5,9-16)10-18-13(19)20-14(2,3)4/h6-8H,9-10,16H2,1-5H3,(H,18,19). The van der Waals surface area contributed by atoms with E-state index in [1.165, 1.54) is 0 Å². The summed E-state index contributed by atoms with van der Waals surface area (Å²) in [6, 6.07) is 3.93. The molecule has 112 valence electrons. The molecule has 0 bridgehead atoms. The topological polar surface area (TPSA) is 77.2 Å². The van der Waals surface area contributed by atoms with E-state index in [9.17, 15) is 4.79 Å². The predicted molar refractivity (Wildman–Crippen MR) is 79.6 cm³/mol. The van der Waals surface area contributed by atoms with Crippen LogP contribution in [0.3, 0.4) is 0 Å². The molecule has 1 atom stereocenters. The Hall–Kier alpha value is -1.62. The zero-order valence-corrected chi connectivity index (χ0v) is 13.0. The summed E-state index contributed by atoms with van der Waals surface area (Å²) >= 11 is 0. The molecular formula is C15H25N3O2. The van der Waals surface area contributed by atoms with Crippen molar-refractivity contribution >= 4 is 6.09 Å². The molecule has 1 aromatic rings. The minimum Gasteiger partial charge on any atom is -0.444 e. The number of aryl methyl sites for hydroxylation is 1. The third-order valence-corrected chi connectivity index (χ3v) is 3.08. The summed E-state index contributed by atoms with van der Waals surface area (Å²) in [5, 5.41) is 2.77. The van der Waals surface area contributed by atoms with E-state index in [4.69, 9.17) is 10.5 Å². The van der Waals surface area contributed by atoms with Gasteiger partial charge in [-0.1, -0.05) is 13.0 Å². The highest BCUT2D eigenvalue weighted by Gasteiger charge is 2.27. The van der Waals surface area contributed by atoms with Crippen molar-refractivity contribution in [1.29, 1.82) is 0 Å². The smallest absolute Gasteiger partial charge is 0.407 e. The molecule has 0 spiro atoms. The Morgan fingerprint density at radius 3 is 2.45 bits per heavy atom. The predicted octanol–water partition coefficient (Wildman–Crippen LogP) is 2.13. The van der Waals surface area contributed by atoms with Crippen molar-refractivity contribution in [2.24, 2.45) is 5.73 Å². The summed E-state index contributed by atoms with van der Waals surface area (Å²) in [7, 11) is 0. The van der Waals surface area contributed by atoms with E-state index < -0.39 is 11.7 Å². The van der Waals surface area contributed by atoms with Crippen LogP contribution in [0.5, 0.6) is 0 Å². The van der Waals surface area contributed by atoms with Gasteiger partial charge in [-0.25, -0.2) is 4.79 Å². The van der Waals surface area contributed by atoms with Gasteiger partial charge >= 0.3 is 6.09 Å². The molecule has 0 aromatic carbocycles. The highest BCUT2D eigenvalue weighted by molar-refractivity contribution is 5.67. The Morgan fingerprint density at radius 2 is 2.00 bits per heavy atom. The molecule has 0 saturated carbocycles. The Labute approximate surface area is 120 Å². The summed E-state index contributed by atoms with van der Waals surface area (Å²) < 4.78 is 5.23. The molecule has 0 aliphatic carbocycles. The number of hydrogen-bond acceptors (Lipinski definition) is 4. The molecule has 20 heavy (non-hydrogen) atoms. The molecular weight excluding hydrogens is 254 g/mol. The third kappa shape index (κ3) is 4.81. The van der Waals surface area contributed by atoms with Crippen molar-refractivity contribution in [3.05, 3.63) is 29.6 Å². The summed E-state index contributed by atoms with van der Waals surface area (Å²) in [5.74, 6) is 0. The van der Waals surface area contributed by atoms with Gasteiger partial charge in [-0.3, -0.25) is 4.98 Å². The summed E-state index contributed by atoms with van der Waals surface area (Å²) in [4.78, 5) is 16.0. The van der Waals surface area contributed by atoms with Crippen LogP contribution in [0.25, 0.3) is 0 Å². The van der Waals surface area contributed by atoms with Gasteiger partial charge in [-0.2, -0.15) is 0 Å². The average molecular weight is 279 g/mol. The largest absolute Gasteiger partial charge is 0.444 e. The minimum atomic E-state index is -0.505. The molecule has 1 heterocycles. The number of aromatic nitrogens is 1. The number of ether oxygens (including phenoxy) is 1. The quantitative estimate of drug-likeness (QED) is 0.885. The van der Waals surface area contributed by atoms with Crippen LogP contribution in [0.2, 0.25) is 0 Å². The van der Waals surface area contributed by atoms with Crippen LogP contribution in [0.15, 0.2) is 18.3 Å². The molecule has 1 aromatic heterocycles. The number of pyridine rings is 1. The molecule has 3 N–H and O–H groups in total. The first kappa shape index (κ1) is 16.4. The maximum Gasteiger partial charge on any atom is 0.407 e. The van der Waals surface area contributed by atoms with Crippen LogP contribution >= 0.6 is 0 Å². The van der Waals surface area contributed by atoms with Crippen LogP contribution in [0.1, 0.15) is 39.0 Å². The Morgan fingerprint density at radius 1 is 1.35 bits per heavy atom. The first-order chi connectivity index (χ1) is 9.16. The number of hydrogen-bond donors (Lipinski definition) is 2. The van der Waals surface area contributed by atoms with E-state index in [-0.39, 0.29) is 5.41 Å². The highest BCUT2D eigenvalue weighted by atomic mass is 16.6. The van der Waals surface area contributed by atoms with E-state index in [2.05, 4.69) is 10.3 Å². The van der Waals surface area contributed by atoms with Gasteiger partial charge in [-0.05, 0) is 39.3 Å². The number of alkyl carbamates (subject to hydrolysis) is 1. The van der Waals surface area contributed by atoms with Crippen molar-refractivity contribution in [2.75, 3.05) is 13.1 Å². The lowest BCUT2D eigenvalue weighted by Crippen LogP contribution is -2.45. The van der Waals surface area contributed by atoms with Crippen LogP contribution in [0.4, 0.5) is 4.79 Å². The maximum absolute atomic E-state index is 11.7. The SMILES string of the molecule is Cc1ccc(C(C)(CN)CNC(=O)OC(C)(C)C)cn1. The number of carbonyl (C=O) groups is 1. The second-order valence-electron chi connectivity index (χ2n) is 6.31. The monoisotopic (exact) mass is 279 g/mol. The fourth-order valence-corrected chi connectivity index (χ4v) is 1.70. The third-order valence-electron chi connectivity index (χ3n) is 3.08. The Bertz CT molecular complexity index is 451. The molecule has 0 aliphatic rings. The second kappa shape index (κ2) is 6.22. The normalized spacial score (nSPS) is 14.5.